The number of pyridine rings is 2. The largest absolute Gasteiger partial charge is 0.375 e. The van der Waals surface area contributed by atoms with Crippen molar-refractivity contribution in [2.75, 3.05) is 23.9 Å². The van der Waals surface area contributed by atoms with E-state index in [1.54, 1.807) is 12.4 Å². The molecule has 1 saturated heterocycles. The number of carbonyl (C=O) groups excluding carboxylic acids is 1. The highest BCUT2D eigenvalue weighted by Gasteiger charge is 2.42. The summed E-state index contributed by atoms with van der Waals surface area (Å²) in [6, 6.07) is 21.3. The number of nitrogens with zero attached hydrogens (tertiary/aromatic N) is 4. The van der Waals surface area contributed by atoms with Crippen molar-refractivity contribution in [3.05, 3.63) is 102 Å². The number of ether oxygens (including phenoxy) is 1. The van der Waals surface area contributed by atoms with Gasteiger partial charge in [-0.2, -0.15) is 0 Å². The van der Waals surface area contributed by atoms with Crippen LogP contribution >= 0.6 is 12.2 Å². The Hall–Kier alpha value is -4.08. The second-order valence-electron chi connectivity index (χ2n) is 8.47. The van der Waals surface area contributed by atoms with E-state index < -0.39 is 0 Å². The topological polar surface area (TPSA) is 84.3 Å². The van der Waals surface area contributed by atoms with Gasteiger partial charge >= 0.3 is 0 Å². The minimum absolute atomic E-state index is 0.000334. The Morgan fingerprint density at radius 3 is 2.58 bits per heavy atom. The number of rotatable bonds is 7. The number of thiocarbonyl (C=S) groups is 1. The number of methoxy groups -OCH3 is 1. The predicted molar refractivity (Wildman–Crippen MR) is 143 cm³/mol. The van der Waals surface area contributed by atoms with Crippen LogP contribution in [0.4, 0.5) is 11.4 Å². The van der Waals surface area contributed by atoms with E-state index in [4.69, 9.17) is 17.0 Å². The molecule has 0 aliphatic carbocycles. The van der Waals surface area contributed by atoms with Gasteiger partial charge in [0.25, 0.3) is 0 Å². The maximum absolute atomic E-state index is 12.0. The van der Waals surface area contributed by atoms with E-state index in [1.165, 1.54) is 7.11 Å². The summed E-state index contributed by atoms with van der Waals surface area (Å²) in [7, 11) is 1.50. The molecule has 2 N–H and O–H groups in total. The van der Waals surface area contributed by atoms with E-state index >= 15 is 0 Å². The molecule has 36 heavy (non-hydrogen) atoms. The smallest absolute Gasteiger partial charge is 0.250 e. The fourth-order valence-electron chi connectivity index (χ4n) is 4.53. The molecule has 0 unspecified atom stereocenters. The highest BCUT2D eigenvalue weighted by Crippen LogP contribution is 2.42. The number of hydrogen-bond donors (Lipinski definition) is 2. The van der Waals surface area contributed by atoms with Crippen molar-refractivity contribution in [2.24, 2.45) is 0 Å². The van der Waals surface area contributed by atoms with Crippen molar-refractivity contribution in [1.82, 2.24) is 19.9 Å². The molecule has 4 aromatic rings. The number of aryl methyl sites for hydroxylation is 1. The SMILES string of the molecule is COCC(=O)Nc1ccc(N2C(=S)N[C@@H](c3ccccn3)[C@@H]2c2cccn2-c2ccccn2)cc1C. The van der Waals surface area contributed by atoms with Gasteiger partial charge in [-0.1, -0.05) is 12.1 Å². The Labute approximate surface area is 215 Å². The van der Waals surface area contributed by atoms with Gasteiger partial charge in [0.1, 0.15) is 18.5 Å². The van der Waals surface area contributed by atoms with E-state index in [0.717, 1.165) is 34.1 Å². The lowest BCUT2D eigenvalue weighted by Gasteiger charge is -2.29. The lowest BCUT2D eigenvalue weighted by atomic mass is 10.0. The quantitative estimate of drug-likeness (QED) is 0.367. The van der Waals surface area contributed by atoms with Crippen LogP contribution in [0.3, 0.4) is 0 Å². The molecule has 0 bridgehead atoms. The van der Waals surface area contributed by atoms with Crippen LogP contribution in [-0.2, 0) is 9.53 Å². The molecule has 182 valence electrons. The van der Waals surface area contributed by atoms with Crippen molar-refractivity contribution in [3.63, 3.8) is 0 Å². The molecule has 1 aromatic carbocycles. The van der Waals surface area contributed by atoms with Gasteiger partial charge in [0.05, 0.1) is 11.7 Å². The zero-order valence-electron chi connectivity index (χ0n) is 20.0. The molecule has 5 rings (SSSR count). The molecule has 1 aliphatic heterocycles. The molecule has 1 aliphatic rings. The molecule has 0 radical (unpaired) electrons. The second kappa shape index (κ2) is 10.3. The molecule has 2 atom stereocenters. The molecule has 0 saturated carbocycles. The van der Waals surface area contributed by atoms with E-state index in [0.29, 0.717) is 5.11 Å². The number of anilines is 2. The van der Waals surface area contributed by atoms with Gasteiger partial charge in [-0.15, -0.1) is 0 Å². The molecule has 3 aromatic heterocycles. The monoisotopic (exact) mass is 498 g/mol. The van der Waals surface area contributed by atoms with Crippen molar-refractivity contribution < 1.29 is 9.53 Å². The third kappa shape index (κ3) is 4.58. The van der Waals surface area contributed by atoms with Gasteiger partial charge in [0.2, 0.25) is 5.91 Å². The third-order valence-corrected chi connectivity index (χ3v) is 6.43. The standard InChI is InChI=1S/C27H26N6O2S/c1-18-16-19(11-12-20(18)30-24(34)17-35-2)33-26(25(31-27(33)36)21-8-3-5-13-28-21)22-9-7-15-32(22)23-10-4-6-14-29-23/h3-16,25-26H,17H2,1-2H3,(H,30,34)(H,31,36)/t25-,26-/m0/s1. The van der Waals surface area contributed by atoms with Gasteiger partial charge in [-0.25, -0.2) is 4.98 Å². The van der Waals surface area contributed by atoms with Gasteiger partial charge in [-0.05, 0) is 79.3 Å². The van der Waals surface area contributed by atoms with Crippen LogP contribution in [0.5, 0.6) is 0 Å². The second-order valence-corrected chi connectivity index (χ2v) is 8.85. The van der Waals surface area contributed by atoms with Crippen LogP contribution in [0.1, 0.15) is 29.0 Å². The summed E-state index contributed by atoms with van der Waals surface area (Å²) < 4.78 is 7.01. The number of amides is 1. The maximum Gasteiger partial charge on any atom is 0.250 e. The first kappa shape index (κ1) is 23.7. The van der Waals surface area contributed by atoms with E-state index in [9.17, 15) is 4.79 Å². The van der Waals surface area contributed by atoms with Crippen LogP contribution in [0.2, 0.25) is 0 Å². The average molecular weight is 499 g/mol. The number of nitrogens with one attached hydrogen (secondary N) is 2. The zero-order chi connectivity index (χ0) is 25.1. The minimum atomic E-state index is -0.201. The fraction of sp³-hybridized carbons (Fsp3) is 0.185. The Morgan fingerprint density at radius 1 is 1.08 bits per heavy atom. The zero-order valence-corrected chi connectivity index (χ0v) is 20.8. The molecule has 1 fully saturated rings. The van der Waals surface area contributed by atoms with E-state index in [-0.39, 0.29) is 24.6 Å². The number of hydrogen-bond acceptors (Lipinski definition) is 5. The van der Waals surface area contributed by atoms with E-state index in [1.807, 2.05) is 73.8 Å². The van der Waals surface area contributed by atoms with Crippen molar-refractivity contribution in [1.29, 1.82) is 0 Å². The van der Waals surface area contributed by atoms with Crippen LogP contribution in [-0.4, -0.2) is 39.3 Å². The first-order valence-electron chi connectivity index (χ1n) is 11.6. The van der Waals surface area contributed by atoms with Crippen molar-refractivity contribution in [2.45, 2.75) is 19.0 Å². The Bertz CT molecular complexity index is 1380. The van der Waals surface area contributed by atoms with Crippen LogP contribution in [0.15, 0.2) is 85.3 Å². The Balaban J connectivity index is 1.58. The Morgan fingerprint density at radius 2 is 1.89 bits per heavy atom. The minimum Gasteiger partial charge on any atom is -0.375 e. The molecule has 4 heterocycles. The van der Waals surface area contributed by atoms with Crippen LogP contribution in [0, 0.1) is 6.92 Å². The van der Waals surface area contributed by atoms with Gasteiger partial charge in [-0.3, -0.25) is 9.78 Å². The number of carbonyl (C=O) groups is 1. The van der Waals surface area contributed by atoms with Crippen molar-refractivity contribution in [3.8, 4) is 5.82 Å². The fourth-order valence-corrected chi connectivity index (χ4v) is 4.87. The maximum atomic E-state index is 12.0. The summed E-state index contributed by atoms with van der Waals surface area (Å²) in [5, 5.41) is 6.98. The van der Waals surface area contributed by atoms with Crippen LogP contribution in [0.25, 0.3) is 5.82 Å². The first-order valence-corrected chi connectivity index (χ1v) is 12.0. The summed E-state index contributed by atoms with van der Waals surface area (Å²) in [6.07, 6.45) is 5.58. The molecule has 8 nitrogen and oxygen atoms in total. The normalized spacial score (nSPS) is 17.2. The lowest BCUT2D eigenvalue weighted by molar-refractivity contribution is -0.119. The average Bonchev–Trinajstić information content (AvgIpc) is 3.51. The summed E-state index contributed by atoms with van der Waals surface area (Å²) >= 11 is 5.87. The highest BCUT2D eigenvalue weighted by molar-refractivity contribution is 7.80. The van der Waals surface area contributed by atoms with Gasteiger partial charge < -0.3 is 24.8 Å². The van der Waals surface area contributed by atoms with Gasteiger partial charge in [0.15, 0.2) is 5.11 Å². The summed E-state index contributed by atoms with van der Waals surface area (Å²) in [6.45, 7) is 1.96. The lowest BCUT2D eigenvalue weighted by Crippen LogP contribution is -2.30. The summed E-state index contributed by atoms with van der Waals surface area (Å²) in [5.41, 5.74) is 4.47. The highest BCUT2D eigenvalue weighted by atomic mass is 32.1. The van der Waals surface area contributed by atoms with E-state index in [2.05, 4.69) is 36.1 Å². The summed E-state index contributed by atoms with van der Waals surface area (Å²) in [4.78, 5) is 23.3. The molecule has 9 heteroatoms. The first-order chi connectivity index (χ1) is 17.6. The molecule has 1 amide bonds. The molecular formula is C27H26N6O2S. The molecular weight excluding hydrogens is 472 g/mol. The summed E-state index contributed by atoms with van der Waals surface area (Å²) in [5.74, 6) is 0.621. The van der Waals surface area contributed by atoms with Crippen molar-refractivity contribution >= 4 is 34.6 Å². The van der Waals surface area contributed by atoms with Crippen LogP contribution < -0.4 is 15.5 Å². The number of benzene rings is 1. The van der Waals surface area contributed by atoms with Gasteiger partial charge in [0, 0.05) is 42.8 Å². The third-order valence-electron chi connectivity index (χ3n) is 6.12. The predicted octanol–water partition coefficient (Wildman–Crippen LogP) is 4.34. The molecule has 0 spiro atoms. The Kier molecular flexibility index (Phi) is 6.75. The number of aromatic nitrogens is 3.